The van der Waals surface area contributed by atoms with E-state index in [0.29, 0.717) is 35.7 Å². The monoisotopic (exact) mass is 455 g/mol. The number of rotatable bonds is 6. The number of carbonyl (C=O) groups excluding carboxylic acids is 2. The summed E-state index contributed by atoms with van der Waals surface area (Å²) in [6, 6.07) is 12.9. The minimum absolute atomic E-state index is 0.178. The molecule has 0 saturated carbocycles. The fourth-order valence-corrected chi connectivity index (χ4v) is 3.44. The number of nitrogens with one attached hydrogen (secondary N) is 1. The van der Waals surface area contributed by atoms with Gasteiger partial charge in [0.15, 0.2) is 0 Å². The molecule has 7 nitrogen and oxygen atoms in total. The topological polar surface area (TPSA) is 78.4 Å². The van der Waals surface area contributed by atoms with Crippen molar-refractivity contribution in [3.63, 3.8) is 0 Å². The molecule has 1 saturated heterocycles. The van der Waals surface area contributed by atoms with Crippen LogP contribution in [0.5, 0.6) is 0 Å². The van der Waals surface area contributed by atoms with E-state index in [9.17, 15) is 22.8 Å². The van der Waals surface area contributed by atoms with Gasteiger partial charge in [-0.1, -0.05) is 18.2 Å². The Hall–Kier alpha value is -3.95. The van der Waals surface area contributed by atoms with Gasteiger partial charge < -0.3 is 10.2 Å². The van der Waals surface area contributed by atoms with Crippen LogP contribution in [-0.4, -0.2) is 39.9 Å². The Kier molecular flexibility index (Phi) is 6.25. The number of hydrogen-bond donors (Lipinski definition) is 1. The van der Waals surface area contributed by atoms with Crippen LogP contribution < -0.4 is 10.2 Å². The van der Waals surface area contributed by atoms with Crippen LogP contribution >= 0.6 is 0 Å². The zero-order chi connectivity index (χ0) is 23.4. The summed E-state index contributed by atoms with van der Waals surface area (Å²) in [6.45, 7) is 1.18. The van der Waals surface area contributed by atoms with E-state index < -0.39 is 11.7 Å². The molecule has 1 N–H and O–H groups in total. The van der Waals surface area contributed by atoms with Crippen molar-refractivity contribution in [3.8, 4) is 0 Å². The first-order valence-electron chi connectivity index (χ1n) is 10.2. The zero-order valence-electron chi connectivity index (χ0n) is 17.4. The van der Waals surface area contributed by atoms with E-state index in [-0.39, 0.29) is 25.0 Å². The van der Waals surface area contributed by atoms with Crippen LogP contribution in [0.15, 0.2) is 67.0 Å². The molecule has 3 aromatic rings. The van der Waals surface area contributed by atoms with Crippen molar-refractivity contribution in [1.82, 2.24) is 20.2 Å². The maximum atomic E-state index is 12.9. The summed E-state index contributed by atoms with van der Waals surface area (Å²) in [7, 11) is 0. The predicted octanol–water partition coefficient (Wildman–Crippen LogP) is 3.87. The first kappa shape index (κ1) is 22.3. The maximum Gasteiger partial charge on any atom is 0.416 e. The van der Waals surface area contributed by atoms with Crippen molar-refractivity contribution in [2.24, 2.45) is 0 Å². The van der Waals surface area contributed by atoms with Gasteiger partial charge in [-0.25, -0.2) is 9.78 Å². The number of carbonyl (C=O) groups is 2. The molecule has 1 aromatic carbocycles. The lowest BCUT2D eigenvalue weighted by molar-refractivity contribution is -0.137. The van der Waals surface area contributed by atoms with Crippen LogP contribution in [0.2, 0.25) is 0 Å². The average Bonchev–Trinajstić information content (AvgIpc) is 3.18. The Balaban J connectivity index is 1.39. The second kappa shape index (κ2) is 9.27. The first-order valence-corrected chi connectivity index (χ1v) is 10.2. The number of pyridine rings is 2. The van der Waals surface area contributed by atoms with Gasteiger partial charge in [-0.3, -0.25) is 14.7 Å². The van der Waals surface area contributed by atoms with Crippen LogP contribution in [0.1, 0.15) is 27.2 Å². The van der Waals surface area contributed by atoms with E-state index in [0.717, 1.165) is 12.1 Å². The van der Waals surface area contributed by atoms with E-state index in [1.807, 2.05) is 6.07 Å². The van der Waals surface area contributed by atoms with Gasteiger partial charge in [-0.15, -0.1) is 0 Å². The second-order valence-corrected chi connectivity index (χ2v) is 7.46. The van der Waals surface area contributed by atoms with Crippen LogP contribution in [0.4, 0.5) is 23.8 Å². The van der Waals surface area contributed by atoms with Gasteiger partial charge in [0.25, 0.3) is 5.91 Å². The molecule has 1 fully saturated rings. The standard InChI is InChI=1S/C23H20F3N5O2/c24-23(25,26)18-6-4-16(5-7-18)15-30-11-12-31(22(30)33)20-13-17(8-10-28-20)21(32)29-14-19-3-1-2-9-27-19/h1-10,13H,11-12,14-15H2,(H,29,32). The normalized spacial score (nSPS) is 14.0. The summed E-state index contributed by atoms with van der Waals surface area (Å²) in [5.74, 6) is 0.0120. The lowest BCUT2D eigenvalue weighted by Gasteiger charge is -2.19. The molecule has 0 spiro atoms. The predicted molar refractivity (Wildman–Crippen MR) is 114 cm³/mol. The summed E-state index contributed by atoms with van der Waals surface area (Å²) in [5.41, 5.74) is 0.926. The lowest BCUT2D eigenvalue weighted by atomic mass is 10.1. The molecular weight excluding hydrogens is 435 g/mol. The molecule has 3 amide bonds. The molecule has 170 valence electrons. The largest absolute Gasteiger partial charge is 0.416 e. The van der Waals surface area contributed by atoms with E-state index >= 15 is 0 Å². The Morgan fingerprint density at radius 3 is 2.48 bits per heavy atom. The quantitative estimate of drug-likeness (QED) is 0.612. The Labute approximate surface area is 187 Å². The van der Waals surface area contributed by atoms with Crippen molar-refractivity contribution in [1.29, 1.82) is 0 Å². The summed E-state index contributed by atoms with van der Waals surface area (Å²) in [6.07, 6.45) is -1.31. The van der Waals surface area contributed by atoms with E-state index in [2.05, 4.69) is 15.3 Å². The molecule has 4 rings (SSSR count). The summed E-state index contributed by atoms with van der Waals surface area (Å²) < 4.78 is 38.2. The molecule has 0 aliphatic carbocycles. The van der Waals surface area contributed by atoms with E-state index in [1.165, 1.54) is 34.2 Å². The van der Waals surface area contributed by atoms with E-state index in [1.54, 1.807) is 24.4 Å². The highest BCUT2D eigenvalue weighted by atomic mass is 19.4. The number of nitrogens with zero attached hydrogens (tertiary/aromatic N) is 4. The second-order valence-electron chi connectivity index (χ2n) is 7.46. The van der Waals surface area contributed by atoms with Gasteiger partial charge in [0.2, 0.25) is 0 Å². The van der Waals surface area contributed by atoms with Crippen molar-refractivity contribution >= 4 is 17.8 Å². The molecule has 3 heterocycles. The van der Waals surface area contributed by atoms with Gasteiger partial charge in [0.1, 0.15) is 5.82 Å². The molecule has 1 aliphatic heterocycles. The number of hydrogen-bond acceptors (Lipinski definition) is 4. The van der Waals surface area contributed by atoms with Gasteiger partial charge >= 0.3 is 12.2 Å². The highest BCUT2D eigenvalue weighted by Crippen LogP contribution is 2.29. The molecule has 0 atom stereocenters. The molecule has 0 bridgehead atoms. The molecule has 10 heteroatoms. The third-order valence-corrected chi connectivity index (χ3v) is 5.19. The first-order chi connectivity index (χ1) is 15.8. The fourth-order valence-electron chi connectivity index (χ4n) is 3.44. The van der Waals surface area contributed by atoms with Crippen LogP contribution in [-0.2, 0) is 19.3 Å². The molecule has 1 aliphatic rings. The highest BCUT2D eigenvalue weighted by Gasteiger charge is 2.32. The smallest absolute Gasteiger partial charge is 0.346 e. The number of amides is 3. The van der Waals surface area contributed by atoms with Crippen molar-refractivity contribution in [2.75, 3.05) is 18.0 Å². The van der Waals surface area contributed by atoms with Crippen LogP contribution in [0.3, 0.4) is 0 Å². The zero-order valence-corrected chi connectivity index (χ0v) is 17.4. The van der Waals surface area contributed by atoms with Crippen molar-refractivity contribution < 1.29 is 22.8 Å². The van der Waals surface area contributed by atoms with Crippen LogP contribution in [0, 0.1) is 0 Å². The maximum absolute atomic E-state index is 12.9. The minimum atomic E-state index is -4.40. The number of urea groups is 1. The third kappa shape index (κ3) is 5.28. The van der Waals surface area contributed by atoms with Gasteiger partial charge in [0, 0.05) is 37.6 Å². The summed E-state index contributed by atoms with van der Waals surface area (Å²) in [4.78, 5) is 36.7. The number of benzene rings is 1. The minimum Gasteiger partial charge on any atom is -0.346 e. The van der Waals surface area contributed by atoms with Gasteiger partial charge in [-0.2, -0.15) is 13.2 Å². The summed E-state index contributed by atoms with van der Waals surface area (Å²) >= 11 is 0. The van der Waals surface area contributed by atoms with Crippen LogP contribution in [0.25, 0.3) is 0 Å². The molecule has 2 aromatic heterocycles. The molecule has 33 heavy (non-hydrogen) atoms. The van der Waals surface area contributed by atoms with Crippen molar-refractivity contribution in [2.45, 2.75) is 19.3 Å². The highest BCUT2D eigenvalue weighted by molar-refractivity contribution is 5.97. The van der Waals surface area contributed by atoms with Crippen molar-refractivity contribution in [3.05, 3.63) is 89.4 Å². The fraction of sp³-hybridized carbons (Fsp3) is 0.217. The number of halogens is 3. The molecule has 0 radical (unpaired) electrons. The Bertz CT molecular complexity index is 1140. The van der Waals surface area contributed by atoms with Gasteiger partial charge in [0.05, 0.1) is 17.8 Å². The third-order valence-electron chi connectivity index (χ3n) is 5.19. The Morgan fingerprint density at radius 1 is 1.00 bits per heavy atom. The number of alkyl halides is 3. The molecule has 0 unspecified atom stereocenters. The lowest BCUT2D eigenvalue weighted by Crippen LogP contribution is -2.32. The van der Waals surface area contributed by atoms with E-state index in [4.69, 9.17) is 0 Å². The van der Waals surface area contributed by atoms with Gasteiger partial charge in [-0.05, 0) is 42.0 Å². The number of anilines is 1. The SMILES string of the molecule is O=C(NCc1ccccn1)c1ccnc(N2CCN(Cc3ccc(C(F)(F)F)cc3)C2=O)c1. The number of aromatic nitrogens is 2. The summed E-state index contributed by atoms with van der Waals surface area (Å²) in [5, 5.41) is 2.78. The molecular formula is C23H20F3N5O2. The average molecular weight is 455 g/mol. The Morgan fingerprint density at radius 2 is 1.79 bits per heavy atom.